The average molecular weight is 405 g/mol. The van der Waals surface area contributed by atoms with Gasteiger partial charge in [-0.25, -0.2) is 0 Å². The molecule has 2 aliphatic rings. The van der Waals surface area contributed by atoms with Gasteiger partial charge in [-0.3, -0.25) is 9.59 Å². The zero-order valence-corrected chi connectivity index (χ0v) is 17.0. The van der Waals surface area contributed by atoms with Crippen molar-refractivity contribution in [3.63, 3.8) is 0 Å². The minimum atomic E-state index is -0.0937. The van der Waals surface area contributed by atoms with Crippen molar-refractivity contribution < 1.29 is 14.3 Å². The number of morpholine rings is 1. The van der Waals surface area contributed by atoms with E-state index in [1.165, 1.54) is 0 Å². The van der Waals surface area contributed by atoms with Gasteiger partial charge in [-0.1, -0.05) is 42.5 Å². The summed E-state index contributed by atoms with van der Waals surface area (Å²) < 4.78 is 5.30. The van der Waals surface area contributed by atoms with Crippen LogP contribution in [0.25, 0.3) is 11.1 Å². The van der Waals surface area contributed by atoms with Crippen LogP contribution in [0.5, 0.6) is 0 Å². The van der Waals surface area contributed by atoms with Gasteiger partial charge in [0.05, 0.1) is 19.8 Å². The lowest BCUT2D eigenvalue weighted by atomic mass is 10.0. The van der Waals surface area contributed by atoms with E-state index in [2.05, 4.69) is 0 Å². The maximum absolute atomic E-state index is 13.1. The van der Waals surface area contributed by atoms with Gasteiger partial charge in [0.2, 0.25) is 5.91 Å². The first-order chi connectivity index (χ1) is 14.6. The number of hydrogen-bond donors (Lipinski definition) is 1. The predicted octanol–water partition coefficient (Wildman–Crippen LogP) is 3.23. The molecule has 0 bridgehead atoms. The molecule has 1 unspecified atom stereocenters. The second kappa shape index (κ2) is 9.22. The summed E-state index contributed by atoms with van der Waals surface area (Å²) in [4.78, 5) is 29.2. The third-order valence-corrected chi connectivity index (χ3v) is 5.84. The van der Waals surface area contributed by atoms with Crippen LogP contribution in [0.4, 0.5) is 0 Å². The lowest BCUT2D eigenvalue weighted by Crippen LogP contribution is -2.41. The van der Waals surface area contributed by atoms with Gasteiger partial charge in [0, 0.05) is 43.2 Å². The van der Waals surface area contributed by atoms with E-state index in [1.807, 2.05) is 59.5 Å². The molecule has 2 saturated heterocycles. The molecule has 1 atom stereocenters. The van der Waals surface area contributed by atoms with Crippen molar-refractivity contribution >= 4 is 17.5 Å². The Bertz CT molecular complexity index is 905. The molecule has 6 heteroatoms. The summed E-state index contributed by atoms with van der Waals surface area (Å²) in [7, 11) is 0. The first-order valence-corrected chi connectivity index (χ1v) is 10.5. The molecule has 2 aromatic rings. The van der Waals surface area contributed by atoms with Crippen molar-refractivity contribution in [2.24, 2.45) is 0 Å². The highest BCUT2D eigenvalue weighted by atomic mass is 16.5. The van der Waals surface area contributed by atoms with Gasteiger partial charge >= 0.3 is 0 Å². The van der Waals surface area contributed by atoms with Crippen LogP contribution in [-0.4, -0.2) is 66.2 Å². The monoisotopic (exact) mass is 405 g/mol. The normalized spacial score (nSPS) is 19.2. The van der Waals surface area contributed by atoms with Gasteiger partial charge in [-0.15, -0.1) is 0 Å². The van der Waals surface area contributed by atoms with Gasteiger partial charge < -0.3 is 19.9 Å². The van der Waals surface area contributed by atoms with E-state index in [4.69, 9.17) is 10.1 Å². The number of hydrogen-bond acceptors (Lipinski definition) is 4. The molecule has 2 fully saturated rings. The van der Waals surface area contributed by atoms with Crippen LogP contribution in [0.3, 0.4) is 0 Å². The fourth-order valence-electron chi connectivity index (χ4n) is 4.15. The van der Waals surface area contributed by atoms with Gasteiger partial charge in [-0.2, -0.15) is 0 Å². The highest BCUT2D eigenvalue weighted by Crippen LogP contribution is 2.24. The lowest BCUT2D eigenvalue weighted by Gasteiger charge is -2.28. The SMILES string of the molecule is N=C1CC(CCC(=O)N2CCOCC2)N(C(=O)c2ccc(-c3ccccc3)cc2)C1. The molecule has 2 aliphatic heterocycles. The van der Waals surface area contributed by atoms with Crippen molar-refractivity contribution in [2.75, 3.05) is 32.8 Å². The van der Waals surface area contributed by atoms with Crippen molar-refractivity contribution in [3.05, 3.63) is 60.2 Å². The fraction of sp³-hybridized carbons (Fsp3) is 0.375. The van der Waals surface area contributed by atoms with Crippen LogP contribution in [0.2, 0.25) is 0 Å². The number of benzene rings is 2. The molecule has 0 spiro atoms. The molecular formula is C24H27N3O3. The van der Waals surface area contributed by atoms with Crippen LogP contribution in [0.15, 0.2) is 54.6 Å². The number of amides is 2. The molecular weight excluding hydrogens is 378 g/mol. The Labute approximate surface area is 176 Å². The van der Waals surface area contributed by atoms with Crippen LogP contribution < -0.4 is 0 Å². The van der Waals surface area contributed by atoms with Crippen LogP contribution in [-0.2, 0) is 9.53 Å². The zero-order chi connectivity index (χ0) is 20.9. The summed E-state index contributed by atoms with van der Waals surface area (Å²) in [6, 6.07) is 17.6. The fourth-order valence-corrected chi connectivity index (χ4v) is 4.15. The molecule has 0 aromatic heterocycles. The molecule has 0 saturated carbocycles. The van der Waals surface area contributed by atoms with Crippen LogP contribution in [0, 0.1) is 5.41 Å². The number of rotatable bonds is 5. The molecule has 2 amide bonds. The number of carbonyl (C=O) groups excluding carboxylic acids is 2. The maximum atomic E-state index is 13.1. The Morgan fingerprint density at radius 1 is 0.967 bits per heavy atom. The Morgan fingerprint density at radius 3 is 2.33 bits per heavy atom. The number of ether oxygens (including phenoxy) is 1. The summed E-state index contributed by atoms with van der Waals surface area (Å²) >= 11 is 0. The average Bonchev–Trinajstić information content (AvgIpc) is 3.18. The van der Waals surface area contributed by atoms with Crippen molar-refractivity contribution in [3.8, 4) is 11.1 Å². The lowest BCUT2D eigenvalue weighted by molar-refractivity contribution is -0.135. The van der Waals surface area contributed by atoms with Crippen molar-refractivity contribution in [2.45, 2.75) is 25.3 Å². The number of likely N-dealkylation sites (tertiary alicyclic amines) is 1. The van der Waals surface area contributed by atoms with Gasteiger partial charge in [0.15, 0.2) is 0 Å². The van der Waals surface area contributed by atoms with Crippen molar-refractivity contribution in [1.82, 2.24) is 9.80 Å². The van der Waals surface area contributed by atoms with E-state index < -0.39 is 0 Å². The second-order valence-electron chi connectivity index (χ2n) is 7.87. The molecule has 2 heterocycles. The van der Waals surface area contributed by atoms with Crippen molar-refractivity contribution in [1.29, 1.82) is 5.41 Å². The summed E-state index contributed by atoms with van der Waals surface area (Å²) in [5, 5.41) is 8.09. The first-order valence-electron chi connectivity index (χ1n) is 10.5. The van der Waals surface area contributed by atoms with E-state index in [1.54, 1.807) is 4.90 Å². The Morgan fingerprint density at radius 2 is 1.63 bits per heavy atom. The highest BCUT2D eigenvalue weighted by molar-refractivity contribution is 6.00. The van der Waals surface area contributed by atoms with E-state index >= 15 is 0 Å². The number of nitrogens with zero attached hydrogens (tertiary/aromatic N) is 2. The van der Waals surface area contributed by atoms with Gasteiger partial charge in [0.25, 0.3) is 5.91 Å². The summed E-state index contributed by atoms with van der Waals surface area (Å²) in [5.41, 5.74) is 3.34. The summed E-state index contributed by atoms with van der Waals surface area (Å²) in [6.07, 6.45) is 1.53. The Balaban J connectivity index is 1.40. The highest BCUT2D eigenvalue weighted by Gasteiger charge is 2.33. The summed E-state index contributed by atoms with van der Waals surface area (Å²) in [6.45, 7) is 2.79. The summed E-state index contributed by atoms with van der Waals surface area (Å²) in [5.74, 6) is 0.0389. The minimum Gasteiger partial charge on any atom is -0.378 e. The Hall–Kier alpha value is -2.99. The van der Waals surface area contributed by atoms with E-state index in [0.717, 1.165) is 11.1 Å². The zero-order valence-electron chi connectivity index (χ0n) is 17.0. The van der Waals surface area contributed by atoms with Crippen LogP contribution >= 0.6 is 0 Å². The number of nitrogens with one attached hydrogen (secondary N) is 1. The molecule has 2 aromatic carbocycles. The topological polar surface area (TPSA) is 73.7 Å². The second-order valence-corrected chi connectivity index (χ2v) is 7.87. The first kappa shape index (κ1) is 20.3. The minimum absolute atomic E-state index is 0.0688. The standard InChI is InChI=1S/C24H27N3O3/c25-21-16-22(10-11-23(28)26-12-14-30-15-13-26)27(17-21)24(29)20-8-6-19(7-9-20)18-4-2-1-3-5-18/h1-9,22,25H,10-17H2. The largest absolute Gasteiger partial charge is 0.378 e. The molecule has 0 radical (unpaired) electrons. The van der Waals surface area contributed by atoms with Crippen LogP contribution in [0.1, 0.15) is 29.6 Å². The van der Waals surface area contributed by atoms with E-state index in [0.29, 0.717) is 63.4 Å². The molecule has 4 rings (SSSR count). The predicted molar refractivity (Wildman–Crippen MR) is 116 cm³/mol. The maximum Gasteiger partial charge on any atom is 0.254 e. The molecule has 156 valence electrons. The van der Waals surface area contributed by atoms with E-state index in [-0.39, 0.29) is 17.9 Å². The molecule has 6 nitrogen and oxygen atoms in total. The molecule has 1 N–H and O–H groups in total. The smallest absolute Gasteiger partial charge is 0.254 e. The van der Waals surface area contributed by atoms with Gasteiger partial charge in [0.1, 0.15) is 0 Å². The quantitative estimate of drug-likeness (QED) is 0.830. The third-order valence-electron chi connectivity index (χ3n) is 5.84. The molecule has 30 heavy (non-hydrogen) atoms. The number of carbonyl (C=O) groups is 2. The third kappa shape index (κ3) is 4.60. The Kier molecular flexibility index (Phi) is 6.23. The van der Waals surface area contributed by atoms with E-state index in [9.17, 15) is 9.59 Å². The van der Waals surface area contributed by atoms with Gasteiger partial charge in [-0.05, 0) is 29.7 Å². The molecule has 0 aliphatic carbocycles.